The molecule has 0 aromatic heterocycles. The van der Waals surface area contributed by atoms with Gasteiger partial charge in [-0.3, -0.25) is 9.69 Å². The summed E-state index contributed by atoms with van der Waals surface area (Å²) in [5.74, 6) is 1.90. The molecule has 1 amide bonds. The summed E-state index contributed by atoms with van der Waals surface area (Å²) < 4.78 is 11.4. The number of rotatable bonds is 8. The van der Waals surface area contributed by atoms with Gasteiger partial charge < -0.3 is 14.4 Å². The summed E-state index contributed by atoms with van der Waals surface area (Å²) >= 11 is 0. The molecule has 27 heavy (non-hydrogen) atoms. The molecule has 1 aliphatic heterocycles. The van der Waals surface area contributed by atoms with Crippen LogP contribution >= 0.6 is 0 Å². The Morgan fingerprint density at radius 2 is 1.59 bits per heavy atom. The second kappa shape index (κ2) is 9.97. The van der Waals surface area contributed by atoms with Crippen molar-refractivity contribution >= 4 is 5.91 Å². The number of nitrogens with zero attached hydrogens (tertiary/aromatic N) is 2. The van der Waals surface area contributed by atoms with Crippen LogP contribution in [0.1, 0.15) is 12.0 Å². The predicted molar refractivity (Wildman–Crippen MR) is 106 cm³/mol. The average molecular weight is 368 g/mol. The van der Waals surface area contributed by atoms with E-state index in [0.717, 1.165) is 44.2 Å². The number of carbonyl (C=O) groups is 1. The Bertz CT molecular complexity index is 713. The van der Waals surface area contributed by atoms with Crippen LogP contribution in [0.15, 0.2) is 54.6 Å². The van der Waals surface area contributed by atoms with E-state index in [1.165, 1.54) is 5.56 Å². The largest absolute Gasteiger partial charge is 0.493 e. The Kier molecular flexibility index (Phi) is 7.11. The average Bonchev–Trinajstić information content (AvgIpc) is 2.69. The zero-order chi connectivity index (χ0) is 18.9. The molecule has 0 saturated carbocycles. The summed E-state index contributed by atoms with van der Waals surface area (Å²) in [7, 11) is 0. The van der Waals surface area contributed by atoms with E-state index in [1.807, 2.05) is 53.4 Å². The van der Waals surface area contributed by atoms with Crippen molar-refractivity contribution in [1.29, 1.82) is 0 Å². The van der Waals surface area contributed by atoms with E-state index in [4.69, 9.17) is 9.47 Å². The molecule has 144 valence electrons. The van der Waals surface area contributed by atoms with Crippen molar-refractivity contribution in [2.24, 2.45) is 0 Å². The van der Waals surface area contributed by atoms with Crippen molar-refractivity contribution in [2.75, 3.05) is 45.9 Å². The van der Waals surface area contributed by atoms with Crippen molar-refractivity contribution in [3.05, 3.63) is 60.2 Å². The highest BCUT2D eigenvalue weighted by Gasteiger charge is 2.20. The molecule has 5 nitrogen and oxygen atoms in total. The number of hydrogen-bond acceptors (Lipinski definition) is 4. The van der Waals surface area contributed by atoms with Gasteiger partial charge in [0, 0.05) is 32.7 Å². The molecule has 0 spiro atoms. The first-order valence-electron chi connectivity index (χ1n) is 9.58. The third-order valence-corrected chi connectivity index (χ3v) is 4.72. The Hall–Kier alpha value is -2.53. The molecule has 2 aromatic rings. The molecule has 0 atom stereocenters. The summed E-state index contributed by atoms with van der Waals surface area (Å²) in [5, 5.41) is 0. The number of para-hydroxylation sites is 1. The van der Waals surface area contributed by atoms with Crippen LogP contribution in [0.4, 0.5) is 0 Å². The van der Waals surface area contributed by atoms with Crippen molar-refractivity contribution in [3.8, 4) is 11.5 Å². The number of ether oxygens (including phenoxy) is 2. The lowest BCUT2D eigenvalue weighted by Gasteiger charge is -2.34. The van der Waals surface area contributed by atoms with Crippen LogP contribution in [-0.2, 0) is 4.79 Å². The fraction of sp³-hybridized carbons (Fsp3) is 0.409. The Morgan fingerprint density at radius 1 is 0.889 bits per heavy atom. The molecule has 5 heteroatoms. The second-order valence-corrected chi connectivity index (χ2v) is 6.80. The molecule has 1 saturated heterocycles. The number of benzene rings is 2. The van der Waals surface area contributed by atoms with E-state index in [0.29, 0.717) is 19.6 Å². The lowest BCUT2D eigenvalue weighted by molar-refractivity contribution is -0.133. The molecule has 1 heterocycles. The summed E-state index contributed by atoms with van der Waals surface area (Å²) in [6.45, 7) is 7.37. The lowest BCUT2D eigenvalue weighted by Crippen LogP contribution is -2.49. The van der Waals surface area contributed by atoms with E-state index < -0.39 is 0 Å². The maximum absolute atomic E-state index is 12.3. The first-order chi connectivity index (χ1) is 13.2. The van der Waals surface area contributed by atoms with Gasteiger partial charge in [0.05, 0.1) is 13.0 Å². The molecule has 0 aliphatic carbocycles. The fourth-order valence-electron chi connectivity index (χ4n) is 3.15. The summed E-state index contributed by atoms with van der Waals surface area (Å²) in [4.78, 5) is 16.6. The zero-order valence-electron chi connectivity index (χ0n) is 16.0. The van der Waals surface area contributed by atoms with Crippen LogP contribution in [0.3, 0.4) is 0 Å². The van der Waals surface area contributed by atoms with Gasteiger partial charge >= 0.3 is 0 Å². The van der Waals surface area contributed by atoms with Gasteiger partial charge in [-0.15, -0.1) is 0 Å². The van der Waals surface area contributed by atoms with Crippen LogP contribution in [0.5, 0.6) is 11.5 Å². The number of piperazine rings is 1. The van der Waals surface area contributed by atoms with Gasteiger partial charge in [-0.1, -0.05) is 30.3 Å². The van der Waals surface area contributed by atoms with Gasteiger partial charge in [0.1, 0.15) is 18.1 Å². The zero-order valence-corrected chi connectivity index (χ0v) is 16.0. The van der Waals surface area contributed by atoms with Crippen LogP contribution in [0.2, 0.25) is 0 Å². The number of hydrogen-bond donors (Lipinski definition) is 0. The standard InChI is InChI=1S/C22H28N2O3/c1-19-6-5-9-21(18-19)27-17-15-23-11-13-24(14-12-23)22(25)10-16-26-20-7-3-2-4-8-20/h2-9,18H,10-17H2,1H3. The number of aryl methyl sites for hydroxylation is 1. The highest BCUT2D eigenvalue weighted by atomic mass is 16.5. The van der Waals surface area contributed by atoms with Crippen LogP contribution in [0.25, 0.3) is 0 Å². The minimum atomic E-state index is 0.168. The smallest absolute Gasteiger partial charge is 0.226 e. The molecule has 0 radical (unpaired) electrons. The first kappa shape index (κ1) is 19.2. The van der Waals surface area contributed by atoms with E-state index in [2.05, 4.69) is 17.9 Å². The Balaban J connectivity index is 1.30. The minimum Gasteiger partial charge on any atom is -0.493 e. The molecular weight excluding hydrogens is 340 g/mol. The minimum absolute atomic E-state index is 0.168. The summed E-state index contributed by atoms with van der Waals surface area (Å²) in [5.41, 5.74) is 1.20. The maximum Gasteiger partial charge on any atom is 0.226 e. The van der Waals surface area contributed by atoms with Gasteiger partial charge in [0.15, 0.2) is 0 Å². The van der Waals surface area contributed by atoms with Crippen molar-refractivity contribution < 1.29 is 14.3 Å². The summed E-state index contributed by atoms with van der Waals surface area (Å²) in [6.07, 6.45) is 0.422. The molecule has 1 aliphatic rings. The topological polar surface area (TPSA) is 42.0 Å². The van der Waals surface area contributed by atoms with Gasteiger partial charge in [0.25, 0.3) is 0 Å². The van der Waals surface area contributed by atoms with Gasteiger partial charge in [-0.25, -0.2) is 0 Å². The van der Waals surface area contributed by atoms with Gasteiger partial charge in [0.2, 0.25) is 5.91 Å². The fourth-order valence-corrected chi connectivity index (χ4v) is 3.15. The number of amides is 1. The Morgan fingerprint density at radius 3 is 2.33 bits per heavy atom. The third-order valence-electron chi connectivity index (χ3n) is 4.72. The van der Waals surface area contributed by atoms with E-state index >= 15 is 0 Å². The molecule has 0 unspecified atom stereocenters. The number of carbonyl (C=O) groups excluding carboxylic acids is 1. The molecule has 0 N–H and O–H groups in total. The maximum atomic E-state index is 12.3. The monoisotopic (exact) mass is 368 g/mol. The van der Waals surface area contributed by atoms with Crippen molar-refractivity contribution in [2.45, 2.75) is 13.3 Å². The van der Waals surface area contributed by atoms with Crippen molar-refractivity contribution in [1.82, 2.24) is 9.80 Å². The van der Waals surface area contributed by atoms with Gasteiger partial charge in [-0.2, -0.15) is 0 Å². The molecular formula is C22H28N2O3. The quantitative estimate of drug-likeness (QED) is 0.718. The predicted octanol–water partition coefficient (Wildman–Crippen LogP) is 2.99. The Labute approximate surface area is 161 Å². The van der Waals surface area contributed by atoms with E-state index in [1.54, 1.807) is 0 Å². The second-order valence-electron chi connectivity index (χ2n) is 6.80. The van der Waals surface area contributed by atoms with Gasteiger partial charge in [-0.05, 0) is 36.8 Å². The van der Waals surface area contributed by atoms with Crippen LogP contribution < -0.4 is 9.47 Å². The van der Waals surface area contributed by atoms with Crippen molar-refractivity contribution in [3.63, 3.8) is 0 Å². The summed E-state index contributed by atoms with van der Waals surface area (Å²) in [6, 6.07) is 17.7. The van der Waals surface area contributed by atoms with E-state index in [-0.39, 0.29) is 5.91 Å². The molecule has 1 fully saturated rings. The molecule has 0 bridgehead atoms. The lowest BCUT2D eigenvalue weighted by atomic mass is 10.2. The third kappa shape index (κ3) is 6.29. The normalized spacial score (nSPS) is 14.8. The highest BCUT2D eigenvalue weighted by molar-refractivity contribution is 5.76. The SMILES string of the molecule is Cc1cccc(OCCN2CCN(C(=O)CCOc3ccccc3)CC2)c1. The highest BCUT2D eigenvalue weighted by Crippen LogP contribution is 2.13. The molecule has 2 aromatic carbocycles. The van der Waals surface area contributed by atoms with E-state index in [9.17, 15) is 4.79 Å². The first-order valence-corrected chi connectivity index (χ1v) is 9.58. The molecule has 3 rings (SSSR count). The van der Waals surface area contributed by atoms with Crippen LogP contribution in [0, 0.1) is 6.92 Å². The van der Waals surface area contributed by atoms with Crippen LogP contribution in [-0.4, -0.2) is 61.6 Å².